The number of benzene rings is 1. The van der Waals surface area contributed by atoms with Crippen molar-refractivity contribution in [1.29, 1.82) is 0 Å². The summed E-state index contributed by atoms with van der Waals surface area (Å²) in [6.07, 6.45) is 0.916. The van der Waals surface area contributed by atoms with Gasteiger partial charge in [0.1, 0.15) is 5.56 Å². The van der Waals surface area contributed by atoms with Crippen LogP contribution >= 0.6 is 0 Å². The van der Waals surface area contributed by atoms with Crippen LogP contribution in [0.2, 0.25) is 0 Å². The van der Waals surface area contributed by atoms with E-state index in [-0.39, 0.29) is 17.3 Å². The van der Waals surface area contributed by atoms with E-state index in [2.05, 4.69) is 17.3 Å². The first-order valence-corrected chi connectivity index (χ1v) is 7.46. The Morgan fingerprint density at radius 2 is 2.13 bits per heavy atom. The molecule has 7 nitrogen and oxygen atoms in total. The summed E-state index contributed by atoms with van der Waals surface area (Å²) in [5.74, 6) is -0.131. The van der Waals surface area contributed by atoms with Crippen LogP contribution < -0.4 is 5.32 Å². The van der Waals surface area contributed by atoms with Crippen LogP contribution in [0.3, 0.4) is 0 Å². The van der Waals surface area contributed by atoms with Gasteiger partial charge in [-0.1, -0.05) is 19.1 Å². The first kappa shape index (κ1) is 16.7. The molecule has 122 valence electrons. The van der Waals surface area contributed by atoms with Crippen LogP contribution in [0.1, 0.15) is 47.9 Å². The Kier molecular flexibility index (Phi) is 4.78. The third-order valence-corrected chi connectivity index (χ3v) is 3.85. The van der Waals surface area contributed by atoms with E-state index in [9.17, 15) is 14.9 Å². The number of rotatable bonds is 5. The van der Waals surface area contributed by atoms with E-state index in [1.54, 1.807) is 25.1 Å². The van der Waals surface area contributed by atoms with E-state index >= 15 is 0 Å². The molecule has 23 heavy (non-hydrogen) atoms. The number of amides is 1. The lowest BCUT2D eigenvalue weighted by Gasteiger charge is -2.11. The van der Waals surface area contributed by atoms with Gasteiger partial charge >= 0.3 is 0 Å². The number of aromatic nitrogens is 2. The highest BCUT2D eigenvalue weighted by atomic mass is 16.6. The molecule has 7 heteroatoms. The number of nitro groups is 1. The molecule has 0 spiro atoms. The van der Waals surface area contributed by atoms with Crippen molar-refractivity contribution in [3.05, 3.63) is 51.2 Å². The van der Waals surface area contributed by atoms with Crippen molar-refractivity contribution in [3.63, 3.8) is 0 Å². The lowest BCUT2D eigenvalue weighted by Crippen LogP contribution is -2.16. The zero-order valence-electron chi connectivity index (χ0n) is 13.7. The van der Waals surface area contributed by atoms with Crippen LogP contribution in [-0.2, 0) is 0 Å². The fraction of sp³-hybridized carbons (Fsp3) is 0.375. The number of hydrogen-bond donors (Lipinski definition) is 1. The molecule has 0 aliphatic rings. The van der Waals surface area contributed by atoms with Crippen LogP contribution in [0, 0.1) is 24.0 Å². The largest absolute Gasteiger partial charge is 0.305 e. The van der Waals surface area contributed by atoms with Gasteiger partial charge in [0.2, 0.25) is 0 Å². The number of nitrogens with one attached hydrogen (secondary N) is 1. The molecular formula is C16H20N4O3. The van der Waals surface area contributed by atoms with Crippen LogP contribution in [0.25, 0.3) is 0 Å². The molecule has 1 aromatic heterocycles. The minimum atomic E-state index is -0.551. The van der Waals surface area contributed by atoms with Crippen molar-refractivity contribution in [1.82, 2.24) is 9.78 Å². The molecule has 0 bridgehead atoms. The SMILES string of the molecule is CC[C@@H](C)n1nc(NC(=O)c2c(C)cccc2[N+](=O)[O-])cc1C. The van der Waals surface area contributed by atoms with E-state index in [1.807, 2.05) is 18.5 Å². The zero-order valence-corrected chi connectivity index (χ0v) is 13.7. The van der Waals surface area contributed by atoms with Crippen LogP contribution in [0.4, 0.5) is 11.5 Å². The lowest BCUT2D eigenvalue weighted by molar-refractivity contribution is -0.385. The Bertz CT molecular complexity index is 752. The van der Waals surface area contributed by atoms with Gasteiger partial charge in [-0.2, -0.15) is 5.10 Å². The zero-order chi connectivity index (χ0) is 17.1. The van der Waals surface area contributed by atoms with Crippen LogP contribution in [0.15, 0.2) is 24.3 Å². The summed E-state index contributed by atoms with van der Waals surface area (Å²) in [6, 6.07) is 6.53. The summed E-state index contributed by atoms with van der Waals surface area (Å²) >= 11 is 0. The Morgan fingerprint density at radius 1 is 1.43 bits per heavy atom. The predicted molar refractivity (Wildman–Crippen MR) is 87.8 cm³/mol. The highest BCUT2D eigenvalue weighted by Gasteiger charge is 2.23. The second kappa shape index (κ2) is 6.60. The Balaban J connectivity index is 2.32. The molecule has 1 heterocycles. The maximum Gasteiger partial charge on any atom is 0.282 e. The van der Waals surface area contributed by atoms with Gasteiger partial charge in [-0.3, -0.25) is 19.6 Å². The molecule has 0 saturated heterocycles. The molecule has 0 saturated carbocycles. The second-order valence-electron chi connectivity index (χ2n) is 5.55. The summed E-state index contributed by atoms with van der Waals surface area (Å²) in [5.41, 5.74) is 1.33. The van der Waals surface area contributed by atoms with Gasteiger partial charge in [0.05, 0.1) is 4.92 Å². The maximum absolute atomic E-state index is 12.5. The molecule has 0 radical (unpaired) electrons. The first-order valence-electron chi connectivity index (χ1n) is 7.46. The molecule has 0 aliphatic carbocycles. The van der Waals surface area contributed by atoms with Crippen molar-refractivity contribution in [2.75, 3.05) is 5.32 Å². The molecule has 2 rings (SSSR count). The van der Waals surface area contributed by atoms with Crippen LogP contribution in [-0.4, -0.2) is 20.6 Å². The number of nitrogens with zero attached hydrogens (tertiary/aromatic N) is 3. The molecule has 2 aromatic rings. The predicted octanol–water partition coefficient (Wildman–Crippen LogP) is 3.63. The highest BCUT2D eigenvalue weighted by Crippen LogP contribution is 2.23. The van der Waals surface area contributed by atoms with Gasteiger partial charge in [-0.05, 0) is 32.8 Å². The number of aryl methyl sites for hydroxylation is 2. The minimum absolute atomic E-state index is 0.0632. The van der Waals surface area contributed by atoms with Gasteiger partial charge in [-0.25, -0.2) is 0 Å². The molecule has 0 unspecified atom stereocenters. The molecule has 1 atom stereocenters. The van der Waals surface area contributed by atoms with E-state index in [0.29, 0.717) is 11.4 Å². The van der Waals surface area contributed by atoms with E-state index in [0.717, 1.165) is 12.1 Å². The van der Waals surface area contributed by atoms with Crippen molar-refractivity contribution in [3.8, 4) is 0 Å². The summed E-state index contributed by atoms with van der Waals surface area (Å²) in [5, 5.41) is 18.1. The summed E-state index contributed by atoms with van der Waals surface area (Å²) in [4.78, 5) is 23.0. The normalized spacial score (nSPS) is 12.0. The smallest absolute Gasteiger partial charge is 0.282 e. The fourth-order valence-corrected chi connectivity index (χ4v) is 2.45. The van der Waals surface area contributed by atoms with Gasteiger partial charge in [0, 0.05) is 23.9 Å². The second-order valence-corrected chi connectivity index (χ2v) is 5.55. The number of anilines is 1. The lowest BCUT2D eigenvalue weighted by atomic mass is 10.1. The van der Waals surface area contributed by atoms with E-state index in [4.69, 9.17) is 0 Å². The van der Waals surface area contributed by atoms with Crippen molar-refractivity contribution in [2.45, 2.75) is 40.2 Å². The Hall–Kier alpha value is -2.70. The Morgan fingerprint density at radius 3 is 2.74 bits per heavy atom. The molecule has 1 N–H and O–H groups in total. The van der Waals surface area contributed by atoms with Crippen molar-refractivity contribution < 1.29 is 9.72 Å². The minimum Gasteiger partial charge on any atom is -0.305 e. The number of carbonyl (C=O) groups is 1. The molecule has 1 amide bonds. The van der Waals surface area contributed by atoms with E-state index in [1.165, 1.54) is 6.07 Å². The molecular weight excluding hydrogens is 296 g/mol. The highest BCUT2D eigenvalue weighted by molar-refractivity contribution is 6.07. The monoisotopic (exact) mass is 316 g/mol. The Labute approximate surface area is 134 Å². The van der Waals surface area contributed by atoms with Gasteiger partial charge < -0.3 is 5.32 Å². The van der Waals surface area contributed by atoms with Gasteiger partial charge in [-0.15, -0.1) is 0 Å². The third kappa shape index (κ3) is 3.39. The number of hydrogen-bond acceptors (Lipinski definition) is 4. The van der Waals surface area contributed by atoms with Gasteiger partial charge in [0.25, 0.3) is 11.6 Å². The van der Waals surface area contributed by atoms with Crippen molar-refractivity contribution >= 4 is 17.4 Å². The summed E-state index contributed by atoms with van der Waals surface area (Å²) in [6.45, 7) is 7.68. The summed E-state index contributed by atoms with van der Waals surface area (Å²) in [7, 11) is 0. The van der Waals surface area contributed by atoms with Crippen LogP contribution in [0.5, 0.6) is 0 Å². The maximum atomic E-state index is 12.5. The number of carbonyl (C=O) groups excluding carboxylic acids is 1. The average Bonchev–Trinajstić information content (AvgIpc) is 2.86. The third-order valence-electron chi connectivity index (χ3n) is 3.85. The first-order chi connectivity index (χ1) is 10.8. The topological polar surface area (TPSA) is 90.1 Å². The fourth-order valence-electron chi connectivity index (χ4n) is 2.45. The summed E-state index contributed by atoms with van der Waals surface area (Å²) < 4.78 is 1.84. The van der Waals surface area contributed by atoms with Crippen molar-refractivity contribution in [2.24, 2.45) is 0 Å². The standard InChI is InChI=1S/C16H20N4O3/c1-5-11(3)19-12(4)9-14(18-19)17-16(21)15-10(2)7-6-8-13(15)20(22)23/h6-9,11H,5H2,1-4H3,(H,17,18,21)/t11-/m1/s1. The van der Waals surface area contributed by atoms with Gasteiger partial charge in [0.15, 0.2) is 5.82 Å². The number of nitro benzene ring substituents is 1. The molecule has 1 aromatic carbocycles. The molecule has 0 aliphatic heterocycles. The molecule has 0 fully saturated rings. The van der Waals surface area contributed by atoms with E-state index < -0.39 is 10.8 Å². The quantitative estimate of drug-likeness (QED) is 0.673. The average molecular weight is 316 g/mol.